The number of nitrogens with zero attached hydrogens (tertiary/aromatic N) is 4. The van der Waals surface area contributed by atoms with Crippen LogP contribution in [0.2, 0.25) is 5.15 Å². The van der Waals surface area contributed by atoms with Crippen molar-refractivity contribution in [3.8, 4) is 17.0 Å². The molecule has 0 aromatic carbocycles. The summed E-state index contributed by atoms with van der Waals surface area (Å²) in [7, 11) is 0. The standard InChI is InChI=1S/C21H16ClF3N4O6/c22-17-16(19(32)27-3-1-13(14(30)7-27)29-15(31)9-35-20(29)33)26-18-12(21(23,24)25)5-11(6-28(17)18)10-2-4-34-8-10/h2,4-6,8-9,13-14,30-31H,1,3,7H2. The number of carbonyl (C=O) groups excluding carboxylic acids is 1. The Morgan fingerprint density at radius 1 is 1.26 bits per heavy atom. The summed E-state index contributed by atoms with van der Waals surface area (Å²) in [6.07, 6.45) is -1.27. The van der Waals surface area contributed by atoms with E-state index in [1.807, 2.05) is 0 Å². The molecule has 184 valence electrons. The average molecular weight is 513 g/mol. The number of aliphatic hydroxyl groups excluding tert-OH is 1. The van der Waals surface area contributed by atoms with Gasteiger partial charge in [-0.05, 0) is 18.6 Å². The van der Waals surface area contributed by atoms with Crippen molar-refractivity contribution in [2.24, 2.45) is 0 Å². The van der Waals surface area contributed by atoms with Crippen molar-refractivity contribution in [3.63, 3.8) is 0 Å². The molecule has 4 aromatic rings. The summed E-state index contributed by atoms with van der Waals surface area (Å²) in [6.45, 7) is -0.272. The lowest BCUT2D eigenvalue weighted by Gasteiger charge is -2.35. The van der Waals surface area contributed by atoms with Gasteiger partial charge in [-0.1, -0.05) is 11.6 Å². The maximum atomic E-state index is 13.8. The Kier molecular flexibility index (Phi) is 5.40. The van der Waals surface area contributed by atoms with Gasteiger partial charge in [-0.15, -0.1) is 0 Å². The first-order chi connectivity index (χ1) is 16.6. The molecule has 0 radical (unpaired) electrons. The molecule has 1 fully saturated rings. The number of amides is 1. The Morgan fingerprint density at radius 2 is 2.03 bits per heavy atom. The molecule has 5 heterocycles. The molecule has 1 saturated heterocycles. The van der Waals surface area contributed by atoms with E-state index in [1.165, 1.54) is 29.7 Å². The van der Waals surface area contributed by atoms with E-state index < -0.39 is 52.8 Å². The second-order valence-electron chi connectivity index (χ2n) is 8.00. The third-order valence-electron chi connectivity index (χ3n) is 5.90. The molecule has 2 atom stereocenters. The van der Waals surface area contributed by atoms with Gasteiger partial charge in [-0.2, -0.15) is 13.2 Å². The number of aliphatic hydroxyl groups is 1. The number of hydrogen-bond acceptors (Lipinski definition) is 7. The third-order valence-corrected chi connectivity index (χ3v) is 6.26. The molecule has 4 aromatic heterocycles. The van der Waals surface area contributed by atoms with Crippen LogP contribution in [0.5, 0.6) is 5.88 Å². The van der Waals surface area contributed by atoms with Crippen LogP contribution in [-0.2, 0) is 6.18 Å². The van der Waals surface area contributed by atoms with Crippen molar-refractivity contribution in [1.29, 1.82) is 0 Å². The largest absolute Gasteiger partial charge is 0.492 e. The Bertz CT molecular complexity index is 1470. The number of alkyl halides is 3. The number of pyridine rings is 1. The van der Waals surface area contributed by atoms with Gasteiger partial charge in [-0.3, -0.25) is 9.20 Å². The zero-order chi connectivity index (χ0) is 25.1. The van der Waals surface area contributed by atoms with Gasteiger partial charge in [0.1, 0.15) is 5.15 Å². The van der Waals surface area contributed by atoms with Crippen molar-refractivity contribution in [2.75, 3.05) is 13.1 Å². The van der Waals surface area contributed by atoms with Crippen LogP contribution >= 0.6 is 11.6 Å². The number of carbonyl (C=O) groups is 1. The number of halogens is 4. The normalized spacial score (nSPS) is 18.9. The summed E-state index contributed by atoms with van der Waals surface area (Å²) in [5.41, 5.74) is -1.54. The van der Waals surface area contributed by atoms with Gasteiger partial charge in [0.15, 0.2) is 17.6 Å². The molecule has 10 nitrogen and oxygen atoms in total. The maximum absolute atomic E-state index is 13.8. The smallest absolute Gasteiger partial charge is 0.422 e. The van der Waals surface area contributed by atoms with E-state index >= 15 is 0 Å². The summed E-state index contributed by atoms with van der Waals surface area (Å²) >= 11 is 6.32. The minimum absolute atomic E-state index is 0.00815. The highest BCUT2D eigenvalue weighted by molar-refractivity contribution is 6.33. The van der Waals surface area contributed by atoms with Crippen molar-refractivity contribution < 1.29 is 37.0 Å². The summed E-state index contributed by atoms with van der Waals surface area (Å²) in [4.78, 5) is 30.0. The van der Waals surface area contributed by atoms with Crippen LogP contribution in [0, 0.1) is 0 Å². The number of aromatic hydroxyl groups is 1. The Hall–Kier alpha value is -3.71. The lowest BCUT2D eigenvalue weighted by atomic mass is 10.0. The molecule has 0 saturated carbocycles. The Morgan fingerprint density at radius 3 is 2.63 bits per heavy atom. The first-order valence-corrected chi connectivity index (χ1v) is 10.6. The van der Waals surface area contributed by atoms with Crippen LogP contribution < -0.4 is 5.76 Å². The number of furan rings is 1. The maximum Gasteiger partial charge on any atom is 0.422 e. The number of oxazole rings is 1. The molecular weight excluding hydrogens is 497 g/mol. The monoisotopic (exact) mass is 512 g/mol. The molecule has 0 bridgehead atoms. The fourth-order valence-corrected chi connectivity index (χ4v) is 4.47. The minimum Gasteiger partial charge on any atom is -0.492 e. The fourth-order valence-electron chi connectivity index (χ4n) is 4.22. The lowest BCUT2D eigenvalue weighted by molar-refractivity contribution is -0.136. The average Bonchev–Trinajstić information content (AvgIpc) is 3.53. The van der Waals surface area contributed by atoms with Crippen LogP contribution in [0.15, 0.2) is 50.7 Å². The SMILES string of the molecule is O=C(c1nc2c(C(F)(F)F)cc(-c3ccoc3)cn2c1Cl)N1CCC(n2c(O)coc2=O)C(O)C1. The molecule has 1 aliphatic rings. The predicted molar refractivity (Wildman–Crippen MR) is 113 cm³/mol. The summed E-state index contributed by atoms with van der Waals surface area (Å²) in [5, 5.41) is 20.0. The van der Waals surface area contributed by atoms with Crippen LogP contribution in [0.25, 0.3) is 16.8 Å². The van der Waals surface area contributed by atoms with E-state index in [0.29, 0.717) is 5.56 Å². The third kappa shape index (κ3) is 3.86. The highest BCUT2D eigenvalue weighted by Gasteiger charge is 2.38. The highest BCUT2D eigenvalue weighted by Crippen LogP contribution is 2.37. The van der Waals surface area contributed by atoms with Crippen LogP contribution in [0.1, 0.15) is 28.5 Å². The number of β-amino-alcohol motifs (C(OH)–C–C–N with tert-alkyl or cyclic N) is 1. The van der Waals surface area contributed by atoms with Crippen molar-refractivity contribution in [1.82, 2.24) is 18.9 Å². The predicted octanol–water partition coefficient (Wildman–Crippen LogP) is 3.17. The molecule has 35 heavy (non-hydrogen) atoms. The summed E-state index contributed by atoms with van der Waals surface area (Å²) in [6, 6.07) is 1.51. The molecule has 2 unspecified atom stereocenters. The quantitative estimate of drug-likeness (QED) is 0.432. The number of imidazole rings is 1. The van der Waals surface area contributed by atoms with Crippen molar-refractivity contribution >= 4 is 23.2 Å². The van der Waals surface area contributed by atoms with E-state index in [-0.39, 0.29) is 30.2 Å². The van der Waals surface area contributed by atoms with E-state index in [9.17, 15) is 33.0 Å². The van der Waals surface area contributed by atoms with Crippen molar-refractivity contribution in [2.45, 2.75) is 24.7 Å². The van der Waals surface area contributed by atoms with Gasteiger partial charge < -0.3 is 23.9 Å². The van der Waals surface area contributed by atoms with E-state index in [2.05, 4.69) is 9.40 Å². The molecule has 1 amide bonds. The molecule has 0 spiro atoms. The number of aromatic nitrogens is 3. The topological polar surface area (TPSA) is 126 Å². The summed E-state index contributed by atoms with van der Waals surface area (Å²) < 4.78 is 52.9. The Labute approximate surface area is 198 Å². The van der Waals surface area contributed by atoms with Gasteiger partial charge in [0.2, 0.25) is 5.88 Å². The van der Waals surface area contributed by atoms with Crippen molar-refractivity contribution in [3.05, 3.63) is 64.1 Å². The molecule has 14 heteroatoms. The molecule has 0 aliphatic carbocycles. The number of rotatable bonds is 3. The molecule has 5 rings (SSSR count). The first-order valence-electron chi connectivity index (χ1n) is 10.2. The highest BCUT2D eigenvalue weighted by atomic mass is 35.5. The molecule has 2 N–H and O–H groups in total. The van der Waals surface area contributed by atoms with E-state index in [4.69, 9.17) is 16.0 Å². The lowest BCUT2D eigenvalue weighted by Crippen LogP contribution is -2.48. The molecule has 1 aliphatic heterocycles. The van der Waals surface area contributed by atoms with Gasteiger partial charge in [0.05, 0.1) is 30.2 Å². The fraction of sp³-hybridized carbons (Fsp3) is 0.286. The van der Waals surface area contributed by atoms with Gasteiger partial charge >= 0.3 is 11.9 Å². The van der Waals surface area contributed by atoms with E-state index in [1.54, 1.807) is 0 Å². The minimum atomic E-state index is -4.79. The molecular formula is C21H16ClF3N4O6. The van der Waals surface area contributed by atoms with Gasteiger partial charge in [0, 0.05) is 30.4 Å². The van der Waals surface area contributed by atoms with Crippen LogP contribution in [0.3, 0.4) is 0 Å². The van der Waals surface area contributed by atoms with Gasteiger partial charge in [0.25, 0.3) is 5.91 Å². The zero-order valence-electron chi connectivity index (χ0n) is 17.6. The summed E-state index contributed by atoms with van der Waals surface area (Å²) in [5.74, 6) is -2.14. The van der Waals surface area contributed by atoms with E-state index in [0.717, 1.165) is 21.3 Å². The van der Waals surface area contributed by atoms with Crippen LogP contribution in [-0.4, -0.2) is 54.2 Å². The number of hydrogen-bond donors (Lipinski definition) is 2. The first kappa shape index (κ1) is 23.1. The van der Waals surface area contributed by atoms with Crippen LogP contribution in [0.4, 0.5) is 13.2 Å². The zero-order valence-corrected chi connectivity index (χ0v) is 18.3. The second kappa shape index (κ2) is 8.20. The Balaban J connectivity index is 1.50. The van der Waals surface area contributed by atoms with Gasteiger partial charge in [-0.25, -0.2) is 14.3 Å². The number of fused-ring (bicyclic) bond motifs is 1. The second-order valence-corrected chi connectivity index (χ2v) is 8.36. The number of likely N-dealkylation sites (tertiary alicyclic amines) is 1. The number of piperidine rings is 1.